The molecule has 0 radical (unpaired) electrons. The molecule has 0 saturated heterocycles. The Labute approximate surface area is 79.1 Å². The van der Waals surface area contributed by atoms with Crippen molar-refractivity contribution in [2.24, 2.45) is 5.92 Å². The van der Waals surface area contributed by atoms with Gasteiger partial charge < -0.3 is 9.84 Å². The molecular weight excluding hydrogens is 168 g/mol. The van der Waals surface area contributed by atoms with Gasteiger partial charge in [0.1, 0.15) is 13.2 Å². The second-order valence-corrected chi connectivity index (χ2v) is 3.72. The van der Waals surface area contributed by atoms with Gasteiger partial charge in [-0.15, -0.1) is 0 Å². The van der Waals surface area contributed by atoms with Gasteiger partial charge in [-0.1, -0.05) is 19.3 Å². The largest absolute Gasteiger partial charge is 0.388 e. The van der Waals surface area contributed by atoms with E-state index in [0.717, 1.165) is 0 Å². The van der Waals surface area contributed by atoms with E-state index in [1.165, 1.54) is 32.1 Å². The maximum Gasteiger partial charge on any atom is 0.183 e. The Hall–Kier alpha value is -0.410. The molecule has 1 rings (SSSR count). The zero-order valence-corrected chi connectivity index (χ0v) is 8.00. The van der Waals surface area contributed by atoms with Gasteiger partial charge in [-0.3, -0.25) is 4.79 Å². The molecule has 76 valence electrons. The Bertz CT molecular complexity index is 150. The lowest BCUT2D eigenvalue weighted by atomic mass is 9.90. The van der Waals surface area contributed by atoms with Crippen LogP contribution in [0.4, 0.5) is 0 Å². The van der Waals surface area contributed by atoms with Crippen LogP contribution in [0.5, 0.6) is 0 Å². The zero-order valence-electron chi connectivity index (χ0n) is 8.00. The van der Waals surface area contributed by atoms with Crippen molar-refractivity contribution < 1.29 is 14.6 Å². The average Bonchev–Trinajstić information content (AvgIpc) is 2.19. The molecule has 3 heteroatoms. The van der Waals surface area contributed by atoms with E-state index >= 15 is 0 Å². The third-order valence-electron chi connectivity index (χ3n) is 2.52. The number of rotatable bonds is 5. The first-order chi connectivity index (χ1) is 6.33. The van der Waals surface area contributed by atoms with Crippen LogP contribution in [-0.2, 0) is 9.53 Å². The summed E-state index contributed by atoms with van der Waals surface area (Å²) in [6.07, 6.45) is 6.39. The molecule has 0 unspecified atom stereocenters. The number of Topliss-reactive ketones (excluding diaryl/α,β-unsaturated/α-hetero) is 1. The van der Waals surface area contributed by atoms with Crippen LogP contribution in [0.15, 0.2) is 0 Å². The Morgan fingerprint density at radius 2 is 2.00 bits per heavy atom. The van der Waals surface area contributed by atoms with Crippen LogP contribution in [0.2, 0.25) is 0 Å². The fourth-order valence-electron chi connectivity index (χ4n) is 1.74. The second-order valence-electron chi connectivity index (χ2n) is 3.72. The van der Waals surface area contributed by atoms with E-state index in [2.05, 4.69) is 0 Å². The number of hydrogen-bond acceptors (Lipinski definition) is 3. The van der Waals surface area contributed by atoms with E-state index in [4.69, 9.17) is 9.84 Å². The molecule has 1 aliphatic carbocycles. The molecule has 0 aromatic carbocycles. The van der Waals surface area contributed by atoms with Crippen molar-refractivity contribution in [1.82, 2.24) is 0 Å². The Morgan fingerprint density at radius 1 is 1.31 bits per heavy atom. The summed E-state index contributed by atoms with van der Waals surface area (Å²) in [4.78, 5) is 10.7. The zero-order chi connectivity index (χ0) is 9.52. The standard InChI is InChI=1S/C10H18O3/c11-6-10(12)8-13-7-9-4-2-1-3-5-9/h9,11H,1-8H2. The molecular formula is C10H18O3. The monoisotopic (exact) mass is 186 g/mol. The van der Waals surface area contributed by atoms with Gasteiger partial charge in [0.25, 0.3) is 0 Å². The first-order valence-electron chi connectivity index (χ1n) is 5.03. The van der Waals surface area contributed by atoms with Gasteiger partial charge in [-0.2, -0.15) is 0 Å². The van der Waals surface area contributed by atoms with Crippen LogP contribution in [0.3, 0.4) is 0 Å². The Kier molecular flexibility index (Phi) is 5.01. The van der Waals surface area contributed by atoms with Gasteiger partial charge in [-0.25, -0.2) is 0 Å². The summed E-state index contributed by atoms with van der Waals surface area (Å²) in [5.74, 6) is 0.413. The third kappa shape index (κ3) is 4.39. The van der Waals surface area contributed by atoms with Crippen LogP contribution in [0.1, 0.15) is 32.1 Å². The number of carbonyl (C=O) groups is 1. The highest BCUT2D eigenvalue weighted by molar-refractivity contribution is 5.80. The van der Waals surface area contributed by atoms with Gasteiger partial charge in [0.05, 0.1) is 0 Å². The molecule has 1 fully saturated rings. The molecule has 0 bridgehead atoms. The normalized spacial score (nSPS) is 18.8. The fourth-order valence-corrected chi connectivity index (χ4v) is 1.74. The van der Waals surface area contributed by atoms with Crippen LogP contribution in [-0.4, -0.2) is 30.7 Å². The smallest absolute Gasteiger partial charge is 0.183 e. The molecule has 0 amide bonds. The van der Waals surface area contributed by atoms with E-state index in [0.29, 0.717) is 12.5 Å². The molecule has 0 spiro atoms. The first-order valence-corrected chi connectivity index (χ1v) is 5.03. The number of hydrogen-bond donors (Lipinski definition) is 1. The maximum absolute atomic E-state index is 10.7. The summed E-state index contributed by atoms with van der Waals surface area (Å²) in [5.41, 5.74) is 0. The van der Waals surface area contributed by atoms with E-state index in [-0.39, 0.29) is 12.4 Å². The molecule has 0 atom stereocenters. The van der Waals surface area contributed by atoms with Gasteiger partial charge in [-0.05, 0) is 18.8 Å². The van der Waals surface area contributed by atoms with E-state index in [1.807, 2.05) is 0 Å². The highest BCUT2D eigenvalue weighted by atomic mass is 16.5. The number of carbonyl (C=O) groups excluding carboxylic acids is 1. The fraction of sp³-hybridized carbons (Fsp3) is 0.900. The summed E-state index contributed by atoms with van der Waals surface area (Å²) < 4.78 is 5.22. The van der Waals surface area contributed by atoms with Gasteiger partial charge >= 0.3 is 0 Å². The van der Waals surface area contributed by atoms with Gasteiger partial charge in [0, 0.05) is 6.61 Å². The number of aliphatic hydroxyl groups is 1. The molecule has 3 nitrogen and oxygen atoms in total. The molecule has 1 saturated carbocycles. The predicted molar refractivity (Wildman–Crippen MR) is 49.5 cm³/mol. The van der Waals surface area contributed by atoms with Crippen molar-refractivity contribution in [3.8, 4) is 0 Å². The van der Waals surface area contributed by atoms with Gasteiger partial charge in [0.2, 0.25) is 0 Å². The molecule has 0 aromatic heterocycles. The lowest BCUT2D eigenvalue weighted by molar-refractivity contribution is -0.126. The number of aliphatic hydroxyl groups excluding tert-OH is 1. The van der Waals surface area contributed by atoms with Crippen LogP contribution >= 0.6 is 0 Å². The minimum absolute atomic E-state index is 0.0764. The summed E-state index contributed by atoms with van der Waals surface area (Å²) in [6, 6.07) is 0. The molecule has 0 aromatic rings. The Morgan fingerprint density at radius 3 is 2.62 bits per heavy atom. The molecule has 0 aliphatic heterocycles. The quantitative estimate of drug-likeness (QED) is 0.700. The van der Waals surface area contributed by atoms with Crippen molar-refractivity contribution in [3.63, 3.8) is 0 Å². The first kappa shape index (κ1) is 10.7. The lowest BCUT2D eigenvalue weighted by Crippen LogP contribution is -2.18. The molecule has 1 N–H and O–H groups in total. The molecule has 13 heavy (non-hydrogen) atoms. The Balaban J connectivity index is 2.01. The number of ether oxygens (including phenoxy) is 1. The van der Waals surface area contributed by atoms with Crippen molar-refractivity contribution in [1.29, 1.82) is 0 Å². The highest BCUT2D eigenvalue weighted by Crippen LogP contribution is 2.23. The minimum Gasteiger partial charge on any atom is -0.388 e. The summed E-state index contributed by atoms with van der Waals surface area (Å²) in [5, 5.41) is 8.44. The topological polar surface area (TPSA) is 46.5 Å². The second kappa shape index (κ2) is 6.11. The van der Waals surface area contributed by atoms with Crippen molar-refractivity contribution in [3.05, 3.63) is 0 Å². The predicted octanol–water partition coefficient (Wildman–Crippen LogP) is 1.14. The lowest BCUT2D eigenvalue weighted by Gasteiger charge is -2.20. The van der Waals surface area contributed by atoms with Crippen LogP contribution < -0.4 is 0 Å². The third-order valence-corrected chi connectivity index (χ3v) is 2.52. The number of ketones is 1. The SMILES string of the molecule is O=C(CO)COCC1CCCCC1. The molecule has 1 aliphatic rings. The summed E-state index contributed by atoms with van der Waals surface area (Å²) >= 11 is 0. The van der Waals surface area contributed by atoms with Crippen LogP contribution in [0.25, 0.3) is 0 Å². The van der Waals surface area contributed by atoms with E-state index in [1.54, 1.807) is 0 Å². The highest BCUT2D eigenvalue weighted by Gasteiger charge is 2.13. The van der Waals surface area contributed by atoms with E-state index in [9.17, 15) is 4.79 Å². The minimum atomic E-state index is -0.398. The van der Waals surface area contributed by atoms with Crippen molar-refractivity contribution >= 4 is 5.78 Å². The maximum atomic E-state index is 10.7. The average molecular weight is 186 g/mol. The van der Waals surface area contributed by atoms with E-state index < -0.39 is 6.61 Å². The van der Waals surface area contributed by atoms with Crippen molar-refractivity contribution in [2.75, 3.05) is 19.8 Å². The van der Waals surface area contributed by atoms with Crippen LogP contribution in [0, 0.1) is 5.92 Å². The molecule has 0 heterocycles. The summed E-state index contributed by atoms with van der Waals surface area (Å²) in [6.45, 7) is 0.364. The van der Waals surface area contributed by atoms with Gasteiger partial charge in [0.15, 0.2) is 5.78 Å². The van der Waals surface area contributed by atoms with Crippen molar-refractivity contribution in [2.45, 2.75) is 32.1 Å². The summed E-state index contributed by atoms with van der Waals surface area (Å²) in [7, 11) is 0.